The lowest BCUT2D eigenvalue weighted by molar-refractivity contribution is -0.385. The molecule has 1 aromatic carbocycles. The lowest BCUT2D eigenvalue weighted by Crippen LogP contribution is -2.03. The molecule has 0 fully saturated rings. The molecule has 0 unspecified atom stereocenters. The first kappa shape index (κ1) is 11.7. The second-order valence-electron chi connectivity index (χ2n) is 2.84. The summed E-state index contributed by atoms with van der Waals surface area (Å²) >= 11 is 0. The summed E-state index contributed by atoms with van der Waals surface area (Å²) in [4.78, 5) is 20.6. The fourth-order valence-corrected chi connectivity index (χ4v) is 1.09. The van der Waals surface area contributed by atoms with Gasteiger partial charge in [0.2, 0.25) is 0 Å². The summed E-state index contributed by atoms with van der Waals surface area (Å²) in [6.45, 7) is 3.63. The van der Waals surface area contributed by atoms with E-state index in [4.69, 9.17) is 9.84 Å². The van der Waals surface area contributed by atoms with E-state index in [1.165, 1.54) is 12.1 Å². The van der Waals surface area contributed by atoms with Crippen LogP contribution in [0.5, 0.6) is 5.75 Å². The third-order valence-electron chi connectivity index (χ3n) is 1.76. The van der Waals surface area contributed by atoms with Crippen LogP contribution in [0.25, 0.3) is 0 Å². The second kappa shape index (κ2) is 4.92. The Kier molecular flexibility index (Phi) is 3.60. The number of rotatable bonds is 5. The van der Waals surface area contributed by atoms with Crippen molar-refractivity contribution in [1.29, 1.82) is 0 Å². The minimum absolute atomic E-state index is 0.205. The first-order valence-electron chi connectivity index (χ1n) is 4.31. The molecule has 84 valence electrons. The molecule has 0 bridgehead atoms. The van der Waals surface area contributed by atoms with Gasteiger partial charge >= 0.3 is 5.97 Å². The molecule has 0 radical (unpaired) electrons. The van der Waals surface area contributed by atoms with Crippen molar-refractivity contribution in [3.05, 3.63) is 46.5 Å². The van der Waals surface area contributed by atoms with E-state index in [1.807, 2.05) is 0 Å². The molecule has 0 aliphatic carbocycles. The Balaban J connectivity index is 3.12. The van der Waals surface area contributed by atoms with Crippen LogP contribution in [0.2, 0.25) is 0 Å². The van der Waals surface area contributed by atoms with Crippen molar-refractivity contribution in [3.8, 4) is 5.75 Å². The molecule has 0 amide bonds. The third-order valence-corrected chi connectivity index (χ3v) is 1.76. The van der Waals surface area contributed by atoms with Crippen LogP contribution in [0.3, 0.4) is 0 Å². The Morgan fingerprint density at radius 3 is 2.81 bits per heavy atom. The van der Waals surface area contributed by atoms with E-state index in [-0.39, 0.29) is 12.4 Å². The maximum atomic E-state index is 10.8. The van der Waals surface area contributed by atoms with E-state index in [2.05, 4.69) is 6.58 Å². The molecule has 0 aromatic heterocycles. The molecule has 6 heteroatoms. The summed E-state index contributed by atoms with van der Waals surface area (Å²) in [6.07, 6.45) is 1.49. The minimum atomic E-state index is -1.37. The van der Waals surface area contributed by atoms with Crippen LogP contribution in [0.4, 0.5) is 5.69 Å². The molecule has 16 heavy (non-hydrogen) atoms. The van der Waals surface area contributed by atoms with Crippen molar-refractivity contribution in [2.75, 3.05) is 6.61 Å². The number of carbonyl (C=O) groups is 1. The monoisotopic (exact) mass is 223 g/mol. The first-order chi connectivity index (χ1) is 7.56. The number of aromatic carboxylic acids is 1. The number of hydrogen-bond donors (Lipinski definition) is 1. The molecule has 0 saturated carbocycles. The Labute approximate surface area is 90.9 Å². The van der Waals surface area contributed by atoms with Crippen LogP contribution < -0.4 is 4.74 Å². The zero-order chi connectivity index (χ0) is 12.1. The lowest BCUT2D eigenvalue weighted by atomic mass is 10.1. The Hall–Kier alpha value is -2.37. The van der Waals surface area contributed by atoms with Crippen molar-refractivity contribution in [1.82, 2.24) is 0 Å². The minimum Gasteiger partial charge on any atom is -0.490 e. The van der Waals surface area contributed by atoms with Gasteiger partial charge in [-0.15, -0.1) is 0 Å². The predicted octanol–water partition coefficient (Wildman–Crippen LogP) is 1.86. The standard InChI is InChI=1S/C10H9NO5/c1-2-5-16-7-3-4-9(11(14)15)8(6-7)10(12)13/h2-4,6H,1,5H2,(H,12,13). The molecule has 0 saturated heterocycles. The van der Waals surface area contributed by atoms with Crippen LogP contribution in [0.15, 0.2) is 30.9 Å². The topological polar surface area (TPSA) is 89.7 Å². The largest absolute Gasteiger partial charge is 0.490 e. The summed E-state index contributed by atoms with van der Waals surface area (Å²) in [5, 5.41) is 19.3. The van der Waals surface area contributed by atoms with Crippen LogP contribution in [0, 0.1) is 10.1 Å². The SMILES string of the molecule is C=CCOc1ccc([N+](=O)[O-])c(C(=O)O)c1. The molecule has 0 aliphatic heterocycles. The summed E-state index contributed by atoms with van der Waals surface area (Å²) in [7, 11) is 0. The van der Waals surface area contributed by atoms with Gasteiger partial charge in [-0.05, 0) is 6.07 Å². The number of hydrogen-bond acceptors (Lipinski definition) is 4. The maximum absolute atomic E-state index is 10.8. The van der Waals surface area contributed by atoms with E-state index >= 15 is 0 Å². The molecule has 1 rings (SSSR count). The van der Waals surface area contributed by atoms with Crippen molar-refractivity contribution < 1.29 is 19.6 Å². The Bertz CT molecular complexity index is 441. The van der Waals surface area contributed by atoms with Gasteiger partial charge in [0.25, 0.3) is 5.69 Å². The molecule has 0 aliphatic rings. The average Bonchev–Trinajstić information content (AvgIpc) is 2.25. The number of nitro groups is 1. The van der Waals surface area contributed by atoms with Crippen LogP contribution in [-0.2, 0) is 0 Å². The summed E-state index contributed by atoms with van der Waals surface area (Å²) in [5.74, 6) is -1.11. The maximum Gasteiger partial charge on any atom is 0.342 e. The van der Waals surface area contributed by atoms with Gasteiger partial charge in [-0.3, -0.25) is 10.1 Å². The fraction of sp³-hybridized carbons (Fsp3) is 0.100. The first-order valence-corrected chi connectivity index (χ1v) is 4.31. The second-order valence-corrected chi connectivity index (χ2v) is 2.84. The number of carboxylic acids is 1. The van der Waals surface area contributed by atoms with Crippen LogP contribution in [0.1, 0.15) is 10.4 Å². The van der Waals surface area contributed by atoms with Gasteiger partial charge in [-0.2, -0.15) is 0 Å². The van der Waals surface area contributed by atoms with Gasteiger partial charge in [0.05, 0.1) is 4.92 Å². The molecule has 1 aromatic rings. The molecule has 0 atom stereocenters. The zero-order valence-electron chi connectivity index (χ0n) is 8.25. The highest BCUT2D eigenvalue weighted by Gasteiger charge is 2.20. The highest BCUT2D eigenvalue weighted by Crippen LogP contribution is 2.24. The molecule has 1 N–H and O–H groups in total. The number of ether oxygens (including phenoxy) is 1. The van der Waals surface area contributed by atoms with Gasteiger partial charge in [-0.25, -0.2) is 4.79 Å². The van der Waals surface area contributed by atoms with E-state index < -0.39 is 22.1 Å². The molecule has 0 spiro atoms. The van der Waals surface area contributed by atoms with Gasteiger partial charge in [0.15, 0.2) is 0 Å². The van der Waals surface area contributed by atoms with Gasteiger partial charge in [-0.1, -0.05) is 12.7 Å². The molecule has 0 heterocycles. The number of nitrogens with zero attached hydrogens (tertiary/aromatic N) is 1. The summed E-state index contributed by atoms with van der Waals surface area (Å²) in [6, 6.07) is 3.56. The third kappa shape index (κ3) is 2.57. The van der Waals surface area contributed by atoms with Crippen LogP contribution >= 0.6 is 0 Å². The summed E-state index contributed by atoms with van der Waals surface area (Å²) in [5.41, 5.74) is -0.856. The average molecular weight is 223 g/mol. The van der Waals surface area contributed by atoms with Gasteiger partial charge in [0, 0.05) is 12.1 Å². The number of nitro benzene ring substituents is 1. The highest BCUT2D eigenvalue weighted by atomic mass is 16.6. The molecule has 6 nitrogen and oxygen atoms in total. The zero-order valence-corrected chi connectivity index (χ0v) is 8.25. The molecular weight excluding hydrogens is 214 g/mol. The van der Waals surface area contributed by atoms with Crippen LogP contribution in [-0.4, -0.2) is 22.6 Å². The van der Waals surface area contributed by atoms with Crippen molar-refractivity contribution in [3.63, 3.8) is 0 Å². The van der Waals surface area contributed by atoms with Gasteiger partial charge < -0.3 is 9.84 Å². The number of benzene rings is 1. The summed E-state index contributed by atoms with van der Waals surface area (Å²) < 4.78 is 5.08. The normalized spacial score (nSPS) is 9.50. The quantitative estimate of drug-likeness (QED) is 0.467. The highest BCUT2D eigenvalue weighted by molar-refractivity contribution is 5.92. The predicted molar refractivity (Wildman–Crippen MR) is 55.7 cm³/mol. The van der Waals surface area contributed by atoms with E-state index in [9.17, 15) is 14.9 Å². The Morgan fingerprint density at radius 1 is 1.62 bits per heavy atom. The van der Waals surface area contributed by atoms with Gasteiger partial charge in [0.1, 0.15) is 17.9 Å². The van der Waals surface area contributed by atoms with Crippen molar-refractivity contribution in [2.24, 2.45) is 0 Å². The molecular formula is C10H9NO5. The van der Waals surface area contributed by atoms with Crippen molar-refractivity contribution in [2.45, 2.75) is 0 Å². The van der Waals surface area contributed by atoms with E-state index in [0.717, 1.165) is 12.1 Å². The van der Waals surface area contributed by atoms with Crippen molar-refractivity contribution >= 4 is 11.7 Å². The van der Waals surface area contributed by atoms with E-state index in [1.54, 1.807) is 0 Å². The lowest BCUT2D eigenvalue weighted by Gasteiger charge is -2.04. The smallest absolute Gasteiger partial charge is 0.342 e. The fourth-order valence-electron chi connectivity index (χ4n) is 1.09. The Morgan fingerprint density at radius 2 is 2.31 bits per heavy atom. The van der Waals surface area contributed by atoms with E-state index in [0.29, 0.717) is 0 Å². The number of carboxylic acid groups (broad SMARTS) is 1.